The molecule has 0 radical (unpaired) electrons. The smallest absolute Gasteiger partial charge is 0.370 e. The summed E-state index contributed by atoms with van der Waals surface area (Å²) in [6.07, 6.45) is 2.11. The van der Waals surface area contributed by atoms with Gasteiger partial charge in [0.15, 0.2) is 5.96 Å². The second kappa shape index (κ2) is 9.82. The fraction of sp³-hybridized carbons (Fsp3) is 0.500. The van der Waals surface area contributed by atoms with Gasteiger partial charge in [0.05, 0.1) is 6.61 Å². The molecule has 0 aromatic rings. The van der Waals surface area contributed by atoms with Crippen LogP contribution in [0.15, 0.2) is 18.4 Å². The van der Waals surface area contributed by atoms with Gasteiger partial charge in [0.2, 0.25) is 0 Å². The molecule has 0 saturated carbocycles. The molecule has 0 spiro atoms. The highest BCUT2D eigenvalue weighted by Gasteiger charge is 2.10. The van der Waals surface area contributed by atoms with Crippen molar-refractivity contribution >= 4 is 16.4 Å². The standard InChI is InChI=1S/C7H13NO4S.CH5N3/c1-2-3-7(4-5-8)6-12-13(9,10)11;2-1(3)4/h3,7H,1,4-6,8H2,(H,9,10,11);(H5,2,3,4). The predicted octanol–water partition coefficient (Wildman–Crippen LogP) is -1.05. The van der Waals surface area contributed by atoms with Crippen molar-refractivity contribution in [2.45, 2.75) is 6.42 Å². The van der Waals surface area contributed by atoms with Gasteiger partial charge >= 0.3 is 10.4 Å². The van der Waals surface area contributed by atoms with Gasteiger partial charge in [-0.3, -0.25) is 9.96 Å². The highest BCUT2D eigenvalue weighted by molar-refractivity contribution is 7.80. The maximum Gasteiger partial charge on any atom is 0.397 e. The summed E-state index contributed by atoms with van der Waals surface area (Å²) in [5.41, 5.74) is 16.7. The van der Waals surface area contributed by atoms with Crippen LogP contribution < -0.4 is 17.2 Å². The highest BCUT2D eigenvalue weighted by Crippen LogP contribution is 2.05. The molecule has 0 aromatic carbocycles. The van der Waals surface area contributed by atoms with Crippen LogP contribution in [0.25, 0.3) is 0 Å². The molecule has 0 heterocycles. The van der Waals surface area contributed by atoms with Crippen molar-refractivity contribution in [2.75, 3.05) is 13.2 Å². The lowest BCUT2D eigenvalue weighted by Crippen LogP contribution is -2.20. The Morgan fingerprint density at radius 3 is 2.35 bits per heavy atom. The lowest BCUT2D eigenvalue weighted by Gasteiger charge is -2.08. The lowest BCUT2D eigenvalue weighted by atomic mass is 10.1. The van der Waals surface area contributed by atoms with Crippen molar-refractivity contribution in [2.24, 2.45) is 23.1 Å². The molecule has 100 valence electrons. The SMILES string of the molecule is C=C=CC(CCN)COS(=O)(=O)O.N=C(N)N. The Kier molecular flexibility index (Phi) is 10.4. The summed E-state index contributed by atoms with van der Waals surface area (Å²) in [7, 11) is -4.36. The van der Waals surface area contributed by atoms with Gasteiger partial charge in [-0.15, -0.1) is 5.73 Å². The summed E-state index contributed by atoms with van der Waals surface area (Å²) in [4.78, 5) is 0. The molecule has 0 rings (SSSR count). The molecule has 0 fully saturated rings. The van der Waals surface area contributed by atoms with Crippen molar-refractivity contribution in [1.29, 1.82) is 5.41 Å². The van der Waals surface area contributed by atoms with Gasteiger partial charge in [-0.2, -0.15) is 8.42 Å². The Morgan fingerprint density at radius 1 is 1.59 bits per heavy atom. The van der Waals surface area contributed by atoms with Crippen LogP contribution in [0.1, 0.15) is 6.42 Å². The van der Waals surface area contributed by atoms with Crippen LogP contribution in [-0.4, -0.2) is 32.1 Å². The molecule has 1 atom stereocenters. The van der Waals surface area contributed by atoms with Gasteiger partial charge in [-0.1, -0.05) is 6.58 Å². The Bertz CT molecular complexity index is 358. The first kappa shape index (κ1) is 18.0. The van der Waals surface area contributed by atoms with Gasteiger partial charge in [0.25, 0.3) is 0 Å². The van der Waals surface area contributed by atoms with Crippen LogP contribution in [0.3, 0.4) is 0 Å². The zero-order chi connectivity index (χ0) is 13.9. The van der Waals surface area contributed by atoms with Gasteiger partial charge < -0.3 is 17.2 Å². The maximum absolute atomic E-state index is 10.2. The van der Waals surface area contributed by atoms with E-state index >= 15 is 0 Å². The van der Waals surface area contributed by atoms with E-state index in [1.54, 1.807) is 6.08 Å². The average Bonchev–Trinajstić information content (AvgIpc) is 2.13. The fourth-order valence-electron chi connectivity index (χ4n) is 0.769. The van der Waals surface area contributed by atoms with Crippen molar-refractivity contribution in [3.05, 3.63) is 18.4 Å². The maximum atomic E-state index is 10.2. The van der Waals surface area contributed by atoms with Crippen molar-refractivity contribution < 1.29 is 17.2 Å². The van der Waals surface area contributed by atoms with Gasteiger partial charge in [-0.25, -0.2) is 4.18 Å². The van der Waals surface area contributed by atoms with Crippen molar-refractivity contribution in [3.8, 4) is 0 Å². The number of hydrogen-bond acceptors (Lipinski definition) is 5. The minimum Gasteiger partial charge on any atom is -0.370 e. The van der Waals surface area contributed by atoms with Gasteiger partial charge in [-0.05, 0) is 19.0 Å². The summed E-state index contributed by atoms with van der Waals surface area (Å²) in [5, 5.41) is 6.06. The van der Waals surface area contributed by atoms with Gasteiger partial charge in [0.1, 0.15) is 0 Å². The van der Waals surface area contributed by atoms with E-state index in [1.807, 2.05) is 0 Å². The monoisotopic (exact) mass is 266 g/mol. The first-order valence-corrected chi connectivity index (χ1v) is 5.86. The van der Waals surface area contributed by atoms with E-state index in [0.29, 0.717) is 13.0 Å². The van der Waals surface area contributed by atoms with Gasteiger partial charge in [0, 0.05) is 5.92 Å². The Morgan fingerprint density at radius 2 is 2.06 bits per heavy atom. The Hall–Kier alpha value is -1.38. The van der Waals surface area contributed by atoms with E-state index in [-0.39, 0.29) is 18.5 Å². The molecule has 0 aliphatic rings. The Balaban J connectivity index is 0. The molecule has 0 aromatic heterocycles. The van der Waals surface area contributed by atoms with Crippen LogP contribution in [0.4, 0.5) is 0 Å². The minimum atomic E-state index is -4.36. The third-order valence-electron chi connectivity index (χ3n) is 1.32. The van der Waals surface area contributed by atoms with Crippen LogP contribution in [0, 0.1) is 11.3 Å². The van der Waals surface area contributed by atoms with E-state index in [0.717, 1.165) is 0 Å². The van der Waals surface area contributed by atoms with Crippen LogP contribution in [-0.2, 0) is 14.6 Å². The second-order valence-electron chi connectivity index (χ2n) is 2.88. The Labute approximate surface area is 101 Å². The molecular formula is C8H18N4O4S. The number of rotatable bonds is 6. The predicted molar refractivity (Wildman–Crippen MR) is 64.5 cm³/mol. The number of nitrogens with one attached hydrogen (secondary N) is 1. The third kappa shape index (κ3) is 20.6. The molecule has 8 N–H and O–H groups in total. The van der Waals surface area contributed by atoms with Crippen LogP contribution in [0.2, 0.25) is 0 Å². The number of guanidine groups is 1. The first-order chi connectivity index (χ1) is 7.72. The summed E-state index contributed by atoms with van der Waals surface area (Å²) in [6, 6.07) is 0. The van der Waals surface area contributed by atoms with E-state index in [9.17, 15) is 8.42 Å². The van der Waals surface area contributed by atoms with Crippen molar-refractivity contribution in [3.63, 3.8) is 0 Å². The molecule has 17 heavy (non-hydrogen) atoms. The third-order valence-corrected chi connectivity index (χ3v) is 1.76. The summed E-state index contributed by atoms with van der Waals surface area (Å²) >= 11 is 0. The quantitative estimate of drug-likeness (QED) is 0.177. The molecule has 1 unspecified atom stereocenters. The summed E-state index contributed by atoms with van der Waals surface area (Å²) in [5.74, 6) is -0.524. The topological polar surface area (TPSA) is 166 Å². The highest BCUT2D eigenvalue weighted by atomic mass is 32.3. The van der Waals surface area contributed by atoms with E-state index in [1.165, 1.54) is 0 Å². The van der Waals surface area contributed by atoms with E-state index in [4.69, 9.17) is 15.7 Å². The zero-order valence-corrected chi connectivity index (χ0v) is 10.1. The lowest BCUT2D eigenvalue weighted by molar-refractivity contribution is 0.237. The van der Waals surface area contributed by atoms with Crippen LogP contribution in [0.5, 0.6) is 0 Å². The van der Waals surface area contributed by atoms with E-state index in [2.05, 4.69) is 28.0 Å². The number of nitrogens with two attached hydrogens (primary N) is 3. The largest absolute Gasteiger partial charge is 0.397 e. The molecule has 0 bridgehead atoms. The molecule has 0 saturated heterocycles. The molecule has 9 heteroatoms. The summed E-state index contributed by atoms with van der Waals surface area (Å²) in [6.45, 7) is 3.60. The molecule has 8 nitrogen and oxygen atoms in total. The molecule has 0 amide bonds. The average molecular weight is 266 g/mol. The van der Waals surface area contributed by atoms with Crippen molar-refractivity contribution in [1.82, 2.24) is 0 Å². The second-order valence-corrected chi connectivity index (χ2v) is 3.97. The fourth-order valence-corrected chi connectivity index (χ4v) is 1.12. The first-order valence-electron chi connectivity index (χ1n) is 4.50. The zero-order valence-electron chi connectivity index (χ0n) is 9.30. The van der Waals surface area contributed by atoms with E-state index < -0.39 is 10.4 Å². The molecule has 0 aliphatic carbocycles. The normalized spacial score (nSPS) is 11.6. The minimum absolute atomic E-state index is 0.140. The molecule has 0 aliphatic heterocycles. The molecular weight excluding hydrogens is 248 g/mol. The van der Waals surface area contributed by atoms with Crippen LogP contribution >= 0.6 is 0 Å². The summed E-state index contributed by atoms with van der Waals surface area (Å²) < 4.78 is 32.8. The number of hydrogen-bond donors (Lipinski definition) is 5.